The summed E-state index contributed by atoms with van der Waals surface area (Å²) < 4.78 is 0. The van der Waals surface area contributed by atoms with E-state index in [4.69, 9.17) is 0 Å². The SMILES string of the molecule is Cc1ccccc1C=CC(=O)Nc1nc2ccccc2[nH]1. The molecule has 104 valence electrons. The first-order chi connectivity index (χ1) is 10.2. The summed E-state index contributed by atoms with van der Waals surface area (Å²) in [6, 6.07) is 15.5. The smallest absolute Gasteiger partial charge is 0.250 e. The van der Waals surface area contributed by atoms with E-state index in [9.17, 15) is 4.79 Å². The lowest BCUT2D eigenvalue weighted by Gasteiger charge is -1.99. The average Bonchev–Trinajstić information content (AvgIpc) is 2.88. The van der Waals surface area contributed by atoms with Gasteiger partial charge in [-0.05, 0) is 36.3 Å². The van der Waals surface area contributed by atoms with Gasteiger partial charge in [-0.1, -0.05) is 36.4 Å². The van der Waals surface area contributed by atoms with Crippen molar-refractivity contribution in [2.45, 2.75) is 6.92 Å². The second kappa shape index (κ2) is 5.63. The van der Waals surface area contributed by atoms with Crippen LogP contribution in [-0.4, -0.2) is 15.9 Å². The van der Waals surface area contributed by atoms with Crippen molar-refractivity contribution < 1.29 is 4.79 Å². The number of imidazole rings is 1. The second-order valence-electron chi connectivity index (χ2n) is 4.78. The van der Waals surface area contributed by atoms with E-state index in [0.29, 0.717) is 5.95 Å². The van der Waals surface area contributed by atoms with Crippen LogP contribution in [0.2, 0.25) is 0 Å². The van der Waals surface area contributed by atoms with Gasteiger partial charge in [0.1, 0.15) is 0 Å². The van der Waals surface area contributed by atoms with E-state index in [1.165, 1.54) is 6.08 Å². The Morgan fingerprint density at radius 1 is 1.14 bits per heavy atom. The number of rotatable bonds is 3. The molecule has 0 saturated heterocycles. The highest BCUT2D eigenvalue weighted by Gasteiger charge is 2.04. The molecule has 4 nitrogen and oxygen atoms in total. The first-order valence-electron chi connectivity index (χ1n) is 6.72. The number of nitrogens with one attached hydrogen (secondary N) is 2. The van der Waals surface area contributed by atoms with Crippen LogP contribution in [0.15, 0.2) is 54.6 Å². The van der Waals surface area contributed by atoms with Crippen molar-refractivity contribution in [1.29, 1.82) is 0 Å². The molecule has 3 aromatic rings. The molecule has 0 spiro atoms. The molecule has 1 aromatic heterocycles. The van der Waals surface area contributed by atoms with Gasteiger partial charge in [-0.15, -0.1) is 0 Å². The summed E-state index contributed by atoms with van der Waals surface area (Å²) in [5, 5.41) is 2.73. The molecule has 0 bridgehead atoms. The molecule has 0 atom stereocenters. The number of carbonyl (C=O) groups excluding carboxylic acids is 1. The lowest BCUT2D eigenvalue weighted by Crippen LogP contribution is -2.08. The van der Waals surface area contributed by atoms with E-state index in [2.05, 4.69) is 15.3 Å². The fraction of sp³-hybridized carbons (Fsp3) is 0.0588. The first-order valence-corrected chi connectivity index (χ1v) is 6.72. The standard InChI is InChI=1S/C17H15N3O/c1-12-6-2-3-7-13(12)10-11-16(21)20-17-18-14-8-4-5-9-15(14)19-17/h2-11H,1H3,(H2,18,19,20,21). The summed E-state index contributed by atoms with van der Waals surface area (Å²) in [6.07, 6.45) is 3.31. The Kier molecular flexibility index (Phi) is 3.51. The van der Waals surface area contributed by atoms with Gasteiger partial charge in [0.05, 0.1) is 11.0 Å². The molecule has 0 radical (unpaired) electrons. The van der Waals surface area contributed by atoms with E-state index in [0.717, 1.165) is 22.2 Å². The minimum atomic E-state index is -0.211. The molecule has 4 heteroatoms. The molecule has 1 amide bonds. The molecule has 2 aromatic carbocycles. The highest BCUT2D eigenvalue weighted by atomic mass is 16.1. The normalized spacial score (nSPS) is 11.1. The number of aryl methyl sites for hydroxylation is 1. The Balaban J connectivity index is 1.73. The second-order valence-corrected chi connectivity index (χ2v) is 4.78. The number of aromatic amines is 1. The number of anilines is 1. The van der Waals surface area contributed by atoms with Gasteiger partial charge in [0, 0.05) is 6.08 Å². The zero-order valence-electron chi connectivity index (χ0n) is 11.6. The number of nitrogens with zero attached hydrogens (tertiary/aromatic N) is 1. The third-order valence-electron chi connectivity index (χ3n) is 3.23. The fourth-order valence-electron chi connectivity index (χ4n) is 2.11. The minimum absolute atomic E-state index is 0.211. The predicted molar refractivity (Wildman–Crippen MR) is 84.9 cm³/mol. The maximum atomic E-state index is 11.9. The van der Waals surface area contributed by atoms with Crippen LogP contribution >= 0.6 is 0 Å². The summed E-state index contributed by atoms with van der Waals surface area (Å²) in [5.41, 5.74) is 3.88. The number of carbonyl (C=O) groups is 1. The molecule has 2 N–H and O–H groups in total. The third kappa shape index (κ3) is 3.00. The number of H-pyrrole nitrogens is 1. The number of para-hydroxylation sites is 2. The molecular weight excluding hydrogens is 262 g/mol. The highest BCUT2D eigenvalue weighted by Crippen LogP contribution is 2.13. The Labute approximate surface area is 122 Å². The molecule has 0 unspecified atom stereocenters. The Bertz CT molecular complexity index is 785. The molecule has 0 fully saturated rings. The van der Waals surface area contributed by atoms with Gasteiger partial charge in [-0.25, -0.2) is 4.98 Å². The number of fused-ring (bicyclic) bond motifs is 1. The van der Waals surface area contributed by atoms with Crippen molar-refractivity contribution in [2.24, 2.45) is 0 Å². The van der Waals surface area contributed by atoms with Gasteiger partial charge in [-0.2, -0.15) is 0 Å². The van der Waals surface area contributed by atoms with Crippen LogP contribution in [0.4, 0.5) is 5.95 Å². The zero-order valence-corrected chi connectivity index (χ0v) is 11.6. The van der Waals surface area contributed by atoms with Crippen LogP contribution in [0.1, 0.15) is 11.1 Å². The van der Waals surface area contributed by atoms with E-state index >= 15 is 0 Å². The number of aromatic nitrogens is 2. The maximum absolute atomic E-state index is 11.9. The van der Waals surface area contributed by atoms with Gasteiger partial charge in [0.25, 0.3) is 5.91 Å². The first kappa shape index (κ1) is 13.1. The number of hydrogen-bond acceptors (Lipinski definition) is 2. The van der Waals surface area contributed by atoms with Crippen LogP contribution in [0.3, 0.4) is 0 Å². The van der Waals surface area contributed by atoms with Gasteiger partial charge in [-0.3, -0.25) is 10.1 Å². The van der Waals surface area contributed by atoms with Crippen LogP contribution in [0, 0.1) is 6.92 Å². The summed E-state index contributed by atoms with van der Waals surface area (Å²) in [5.74, 6) is 0.243. The fourth-order valence-corrected chi connectivity index (χ4v) is 2.11. The monoisotopic (exact) mass is 277 g/mol. The maximum Gasteiger partial charge on any atom is 0.250 e. The van der Waals surface area contributed by atoms with Crippen molar-refractivity contribution in [3.8, 4) is 0 Å². The van der Waals surface area contributed by atoms with Crippen molar-refractivity contribution in [1.82, 2.24) is 9.97 Å². The van der Waals surface area contributed by atoms with E-state index in [1.54, 1.807) is 6.08 Å². The molecule has 0 aliphatic rings. The average molecular weight is 277 g/mol. The van der Waals surface area contributed by atoms with Crippen molar-refractivity contribution in [2.75, 3.05) is 5.32 Å². The molecule has 0 aliphatic heterocycles. The van der Waals surface area contributed by atoms with Gasteiger partial charge < -0.3 is 4.98 Å². The van der Waals surface area contributed by atoms with Crippen LogP contribution < -0.4 is 5.32 Å². The Hall–Kier alpha value is -2.88. The van der Waals surface area contributed by atoms with Crippen LogP contribution in [0.5, 0.6) is 0 Å². The molecule has 1 heterocycles. The van der Waals surface area contributed by atoms with E-state index in [1.807, 2.05) is 55.5 Å². The van der Waals surface area contributed by atoms with Crippen molar-refractivity contribution >= 4 is 29.0 Å². The molecule has 0 aliphatic carbocycles. The van der Waals surface area contributed by atoms with E-state index < -0.39 is 0 Å². The van der Waals surface area contributed by atoms with E-state index in [-0.39, 0.29) is 5.91 Å². The lowest BCUT2D eigenvalue weighted by molar-refractivity contribution is -0.111. The summed E-state index contributed by atoms with van der Waals surface area (Å²) in [7, 11) is 0. The number of amides is 1. The lowest BCUT2D eigenvalue weighted by atomic mass is 10.1. The van der Waals surface area contributed by atoms with Crippen molar-refractivity contribution in [3.05, 3.63) is 65.7 Å². The Morgan fingerprint density at radius 3 is 2.71 bits per heavy atom. The molecule has 0 saturated carbocycles. The Morgan fingerprint density at radius 2 is 1.90 bits per heavy atom. The summed E-state index contributed by atoms with van der Waals surface area (Å²) >= 11 is 0. The van der Waals surface area contributed by atoms with Gasteiger partial charge in [0.2, 0.25) is 5.95 Å². The third-order valence-corrected chi connectivity index (χ3v) is 3.23. The summed E-state index contributed by atoms with van der Waals surface area (Å²) in [4.78, 5) is 19.3. The number of hydrogen-bond donors (Lipinski definition) is 2. The molecular formula is C17H15N3O. The van der Waals surface area contributed by atoms with Crippen LogP contribution in [0.25, 0.3) is 17.1 Å². The van der Waals surface area contributed by atoms with Crippen molar-refractivity contribution in [3.63, 3.8) is 0 Å². The molecule has 21 heavy (non-hydrogen) atoms. The van der Waals surface area contributed by atoms with Gasteiger partial charge in [0.15, 0.2) is 0 Å². The van der Waals surface area contributed by atoms with Crippen LogP contribution in [-0.2, 0) is 4.79 Å². The molecule has 3 rings (SSSR count). The topological polar surface area (TPSA) is 57.8 Å². The largest absolute Gasteiger partial charge is 0.324 e. The summed E-state index contributed by atoms with van der Waals surface area (Å²) in [6.45, 7) is 2.01. The minimum Gasteiger partial charge on any atom is -0.324 e. The predicted octanol–water partition coefficient (Wildman–Crippen LogP) is 3.52. The van der Waals surface area contributed by atoms with Gasteiger partial charge >= 0.3 is 0 Å². The highest BCUT2D eigenvalue weighted by molar-refractivity contribution is 6.01. The quantitative estimate of drug-likeness (QED) is 0.720. The zero-order chi connectivity index (χ0) is 14.7. The number of benzene rings is 2.